The van der Waals surface area contributed by atoms with E-state index >= 15 is 0 Å². The number of thiophene rings is 1. The molecule has 0 aliphatic carbocycles. The lowest BCUT2D eigenvalue weighted by Crippen LogP contribution is -2.30. The highest BCUT2D eigenvalue weighted by Gasteiger charge is 2.19. The summed E-state index contributed by atoms with van der Waals surface area (Å²) in [6.45, 7) is 0. The predicted molar refractivity (Wildman–Crippen MR) is 136 cm³/mol. The smallest absolute Gasteiger partial charge is 0.347 e. The summed E-state index contributed by atoms with van der Waals surface area (Å²) in [5.41, 5.74) is 3.02. The molecular formula is C24H23N3O4S3. The van der Waals surface area contributed by atoms with Crippen molar-refractivity contribution in [3.63, 3.8) is 0 Å². The summed E-state index contributed by atoms with van der Waals surface area (Å²) < 4.78 is 33.0. The van der Waals surface area contributed by atoms with Crippen molar-refractivity contribution in [2.45, 2.75) is 25.3 Å². The van der Waals surface area contributed by atoms with Crippen molar-refractivity contribution in [2.75, 3.05) is 4.72 Å². The average Bonchev–Trinajstić information content (AvgIpc) is 3.50. The highest BCUT2D eigenvalue weighted by atomic mass is 32.2. The molecule has 4 rings (SSSR count). The van der Waals surface area contributed by atoms with Gasteiger partial charge in [0.2, 0.25) is 5.91 Å². The van der Waals surface area contributed by atoms with Crippen LogP contribution in [0.5, 0.6) is 0 Å². The number of amides is 1. The van der Waals surface area contributed by atoms with Crippen LogP contribution < -0.4 is 10.0 Å². The first-order chi connectivity index (χ1) is 16.4. The molecule has 2 aromatic heterocycles. The van der Waals surface area contributed by atoms with Crippen LogP contribution in [0, 0.1) is 0 Å². The molecule has 0 bridgehead atoms. The lowest BCUT2D eigenvalue weighted by molar-refractivity contribution is -0.121. The van der Waals surface area contributed by atoms with E-state index in [1.54, 1.807) is 35.6 Å². The highest BCUT2D eigenvalue weighted by molar-refractivity contribution is 7.87. The van der Waals surface area contributed by atoms with Gasteiger partial charge in [0.15, 0.2) is 0 Å². The minimum Gasteiger partial charge on any atom is -0.347 e. The van der Waals surface area contributed by atoms with Gasteiger partial charge in [-0.1, -0.05) is 48.5 Å². The third-order valence-corrected chi connectivity index (χ3v) is 7.46. The Kier molecular flexibility index (Phi) is 7.73. The van der Waals surface area contributed by atoms with Gasteiger partial charge in [0, 0.05) is 11.8 Å². The highest BCUT2D eigenvalue weighted by Crippen LogP contribution is 2.31. The van der Waals surface area contributed by atoms with Crippen molar-refractivity contribution in [1.82, 2.24) is 10.3 Å². The molecule has 1 unspecified atom stereocenters. The van der Waals surface area contributed by atoms with E-state index in [0.717, 1.165) is 26.7 Å². The van der Waals surface area contributed by atoms with Gasteiger partial charge in [-0.2, -0.15) is 8.42 Å². The van der Waals surface area contributed by atoms with Crippen LogP contribution in [0.1, 0.15) is 29.3 Å². The van der Waals surface area contributed by atoms with Gasteiger partial charge in [0.25, 0.3) is 0 Å². The van der Waals surface area contributed by atoms with E-state index in [-0.39, 0.29) is 17.6 Å². The second kappa shape index (κ2) is 10.9. The number of hydrogen-bond donors (Lipinski definition) is 3. The third-order valence-electron chi connectivity index (χ3n) is 5.07. The fraction of sp³-hybridized carbons (Fsp3) is 0.167. The zero-order valence-electron chi connectivity index (χ0n) is 18.0. The van der Waals surface area contributed by atoms with Gasteiger partial charge in [0.1, 0.15) is 5.01 Å². The number of aryl methyl sites for hydroxylation is 1. The van der Waals surface area contributed by atoms with Crippen LogP contribution in [0.15, 0.2) is 77.5 Å². The minimum atomic E-state index is -4.33. The summed E-state index contributed by atoms with van der Waals surface area (Å²) in [7, 11) is -4.33. The molecule has 2 aromatic carbocycles. The maximum Gasteiger partial charge on any atom is 0.357 e. The molecule has 7 nitrogen and oxygen atoms in total. The van der Waals surface area contributed by atoms with Gasteiger partial charge in [-0.25, -0.2) is 4.98 Å². The Morgan fingerprint density at radius 1 is 0.971 bits per heavy atom. The van der Waals surface area contributed by atoms with Crippen LogP contribution in [0.4, 0.5) is 5.69 Å². The lowest BCUT2D eigenvalue weighted by Gasteiger charge is -2.18. The quantitative estimate of drug-likeness (QED) is 0.255. The molecular weight excluding hydrogens is 490 g/mol. The van der Waals surface area contributed by atoms with E-state index in [0.29, 0.717) is 19.3 Å². The molecule has 3 N–H and O–H groups in total. The van der Waals surface area contributed by atoms with Gasteiger partial charge in [-0.3, -0.25) is 14.1 Å². The Hall–Kier alpha value is -3.05. The third kappa shape index (κ3) is 6.97. The topological polar surface area (TPSA) is 108 Å². The Morgan fingerprint density at radius 3 is 2.41 bits per heavy atom. The molecule has 0 radical (unpaired) electrons. The Bertz CT molecular complexity index is 1320. The van der Waals surface area contributed by atoms with Crippen LogP contribution >= 0.6 is 22.7 Å². The van der Waals surface area contributed by atoms with E-state index in [4.69, 9.17) is 9.54 Å². The number of carbonyl (C=O) groups is 1. The van der Waals surface area contributed by atoms with Gasteiger partial charge < -0.3 is 5.32 Å². The Labute approximate surface area is 206 Å². The molecule has 1 amide bonds. The molecule has 0 saturated carbocycles. The molecule has 0 spiro atoms. The second-order valence-electron chi connectivity index (χ2n) is 7.64. The van der Waals surface area contributed by atoms with Crippen LogP contribution in [0.25, 0.3) is 9.88 Å². The number of nitrogens with zero attached hydrogens (tertiary/aromatic N) is 1. The molecule has 10 heteroatoms. The van der Waals surface area contributed by atoms with Gasteiger partial charge in [-0.05, 0) is 47.5 Å². The zero-order chi connectivity index (χ0) is 24.0. The maximum absolute atomic E-state index is 12.8. The summed E-state index contributed by atoms with van der Waals surface area (Å²) >= 11 is 3.15. The minimum absolute atomic E-state index is 0.0656. The standard InChI is InChI=1S/C24H23N3O4S3/c28-23(13-10-17-5-2-1-3-6-17)25-20(21-16-33-24(26-21)22-7-4-14-32-22)15-18-8-11-19(12-9-18)27-34(29,30)31/h1-9,11-12,14,16,20,27H,10,13,15H2,(H,25,28)(H,29,30,31). The summed E-state index contributed by atoms with van der Waals surface area (Å²) in [5.74, 6) is -0.0656. The van der Waals surface area contributed by atoms with Crippen molar-refractivity contribution in [3.8, 4) is 9.88 Å². The zero-order valence-corrected chi connectivity index (χ0v) is 20.5. The predicted octanol–water partition coefficient (Wildman–Crippen LogP) is 5.12. The molecule has 0 fully saturated rings. The Morgan fingerprint density at radius 2 is 1.74 bits per heavy atom. The molecule has 4 aromatic rings. The fourth-order valence-corrected chi connectivity index (χ4v) is 5.57. The normalized spacial score (nSPS) is 12.3. The number of nitrogens with one attached hydrogen (secondary N) is 2. The van der Waals surface area contributed by atoms with Crippen molar-refractivity contribution < 1.29 is 17.8 Å². The fourth-order valence-electron chi connectivity index (χ4n) is 3.45. The summed E-state index contributed by atoms with van der Waals surface area (Å²) in [6.07, 6.45) is 1.49. The first-order valence-corrected chi connectivity index (χ1v) is 13.7. The molecule has 0 saturated heterocycles. The van der Waals surface area contributed by atoms with Crippen LogP contribution in [-0.2, 0) is 27.9 Å². The summed E-state index contributed by atoms with van der Waals surface area (Å²) in [5, 5.41) is 7.99. The van der Waals surface area contributed by atoms with Crippen molar-refractivity contribution in [1.29, 1.82) is 0 Å². The molecule has 1 atom stereocenters. The van der Waals surface area contributed by atoms with Gasteiger partial charge in [0.05, 0.1) is 22.3 Å². The number of carbonyl (C=O) groups excluding carboxylic acids is 1. The number of benzene rings is 2. The largest absolute Gasteiger partial charge is 0.357 e. The number of hydrogen-bond acceptors (Lipinski definition) is 6. The molecule has 34 heavy (non-hydrogen) atoms. The van der Waals surface area contributed by atoms with Crippen LogP contribution in [0.3, 0.4) is 0 Å². The van der Waals surface area contributed by atoms with Gasteiger partial charge in [-0.15, -0.1) is 22.7 Å². The van der Waals surface area contributed by atoms with Crippen molar-refractivity contribution in [2.24, 2.45) is 0 Å². The SMILES string of the molecule is O=C(CCc1ccccc1)NC(Cc1ccc(NS(=O)(=O)O)cc1)c1csc(-c2cccs2)n1. The van der Waals surface area contributed by atoms with Crippen LogP contribution in [-0.4, -0.2) is 23.9 Å². The van der Waals surface area contributed by atoms with E-state index < -0.39 is 10.3 Å². The van der Waals surface area contributed by atoms with E-state index in [9.17, 15) is 13.2 Å². The number of rotatable bonds is 10. The molecule has 0 aliphatic heterocycles. The average molecular weight is 514 g/mol. The number of aromatic nitrogens is 1. The van der Waals surface area contributed by atoms with Crippen molar-refractivity contribution in [3.05, 3.63) is 94.3 Å². The summed E-state index contributed by atoms with van der Waals surface area (Å²) in [6, 6.07) is 20.2. The Balaban J connectivity index is 1.49. The molecule has 176 valence electrons. The van der Waals surface area contributed by atoms with Crippen LogP contribution in [0.2, 0.25) is 0 Å². The molecule has 2 heterocycles. The molecule has 0 aliphatic rings. The maximum atomic E-state index is 12.8. The first kappa shape index (κ1) is 24.1. The first-order valence-electron chi connectivity index (χ1n) is 10.5. The van der Waals surface area contributed by atoms with Gasteiger partial charge >= 0.3 is 10.3 Å². The second-order valence-corrected chi connectivity index (χ2v) is 10.6. The van der Waals surface area contributed by atoms with E-state index in [2.05, 4.69) is 5.32 Å². The van der Waals surface area contributed by atoms with E-state index in [1.807, 2.05) is 57.9 Å². The number of thiazole rings is 1. The monoisotopic (exact) mass is 513 g/mol. The lowest BCUT2D eigenvalue weighted by atomic mass is 10.0. The summed E-state index contributed by atoms with van der Waals surface area (Å²) in [4.78, 5) is 18.6. The van der Waals surface area contributed by atoms with E-state index in [1.165, 1.54) is 11.3 Å². The van der Waals surface area contributed by atoms with Crippen molar-refractivity contribution >= 4 is 44.6 Å². The number of anilines is 1.